The van der Waals surface area contributed by atoms with E-state index in [4.69, 9.17) is 0 Å². The van der Waals surface area contributed by atoms with E-state index in [1.807, 2.05) is 35.2 Å². The maximum Gasteiger partial charge on any atom is 0.368 e. The fraction of sp³-hybridized carbons (Fsp3) is 0.500. The van der Waals surface area contributed by atoms with Gasteiger partial charge in [-0.3, -0.25) is 4.79 Å². The number of benzene rings is 1. The Labute approximate surface area is 133 Å². The number of piperidine rings is 1. The van der Waals surface area contributed by atoms with Crippen molar-refractivity contribution in [2.45, 2.75) is 31.7 Å². The van der Waals surface area contributed by atoms with Gasteiger partial charge in [-0.2, -0.15) is 9.36 Å². The Morgan fingerprint density at radius 1 is 1.00 bits per heavy atom. The van der Waals surface area contributed by atoms with Crippen molar-refractivity contribution >= 4 is 5.91 Å². The molecule has 2 fully saturated rings. The Morgan fingerprint density at radius 3 is 2.35 bits per heavy atom. The van der Waals surface area contributed by atoms with E-state index < -0.39 is 0 Å². The Kier molecular flexibility index (Phi) is 3.48. The number of hydrogen-bond acceptors (Lipinski definition) is 4. The standard InChI is InChI=1S/C16H19N5O2/c22-15(12-6-7-12)19-10-8-14(9-11-19)21-16(23)20(17-18-21)13-4-2-1-3-5-13/h1-5,12,14H,6-11H2. The summed E-state index contributed by atoms with van der Waals surface area (Å²) >= 11 is 0. The van der Waals surface area contributed by atoms with Crippen LogP contribution in [0.5, 0.6) is 0 Å². The molecule has 1 saturated carbocycles. The number of likely N-dealkylation sites (tertiary alicyclic amines) is 1. The highest BCUT2D eigenvalue weighted by Crippen LogP contribution is 2.32. The van der Waals surface area contributed by atoms with E-state index in [2.05, 4.69) is 10.4 Å². The number of aromatic nitrogens is 4. The minimum atomic E-state index is -0.219. The van der Waals surface area contributed by atoms with Crippen LogP contribution in [0.2, 0.25) is 0 Å². The molecule has 2 heterocycles. The summed E-state index contributed by atoms with van der Waals surface area (Å²) in [6.07, 6.45) is 3.57. The van der Waals surface area contributed by atoms with Crippen LogP contribution >= 0.6 is 0 Å². The van der Waals surface area contributed by atoms with Crippen LogP contribution in [-0.2, 0) is 4.79 Å². The van der Waals surface area contributed by atoms with Gasteiger partial charge in [-0.1, -0.05) is 18.2 Å². The molecule has 2 aliphatic rings. The topological polar surface area (TPSA) is 73.0 Å². The third kappa shape index (κ3) is 2.67. The van der Waals surface area contributed by atoms with Crippen molar-refractivity contribution in [3.05, 3.63) is 40.8 Å². The van der Waals surface area contributed by atoms with E-state index >= 15 is 0 Å². The Morgan fingerprint density at radius 2 is 1.70 bits per heavy atom. The van der Waals surface area contributed by atoms with Gasteiger partial charge in [0.2, 0.25) is 5.91 Å². The first-order valence-electron chi connectivity index (χ1n) is 8.13. The van der Waals surface area contributed by atoms with Crippen molar-refractivity contribution in [3.8, 4) is 5.69 Å². The second-order valence-electron chi connectivity index (χ2n) is 6.28. The van der Waals surface area contributed by atoms with Crippen LogP contribution < -0.4 is 5.69 Å². The monoisotopic (exact) mass is 313 g/mol. The van der Waals surface area contributed by atoms with Crippen LogP contribution in [0.3, 0.4) is 0 Å². The lowest BCUT2D eigenvalue weighted by Gasteiger charge is -2.31. The molecule has 7 nitrogen and oxygen atoms in total. The lowest BCUT2D eigenvalue weighted by atomic mass is 10.0. The van der Waals surface area contributed by atoms with Gasteiger partial charge in [0.25, 0.3) is 0 Å². The van der Waals surface area contributed by atoms with Gasteiger partial charge >= 0.3 is 5.69 Å². The molecule has 120 valence electrons. The van der Waals surface area contributed by atoms with E-state index in [9.17, 15) is 9.59 Å². The van der Waals surface area contributed by atoms with Crippen molar-refractivity contribution in [2.75, 3.05) is 13.1 Å². The number of rotatable bonds is 3. The zero-order valence-corrected chi connectivity index (χ0v) is 12.8. The van der Waals surface area contributed by atoms with Gasteiger partial charge in [0, 0.05) is 19.0 Å². The lowest BCUT2D eigenvalue weighted by Crippen LogP contribution is -2.41. The average molecular weight is 313 g/mol. The molecule has 1 amide bonds. The largest absolute Gasteiger partial charge is 0.368 e. The molecule has 7 heteroatoms. The predicted octanol–water partition coefficient (Wildman–Crippen LogP) is 1.00. The molecule has 0 N–H and O–H groups in total. The van der Waals surface area contributed by atoms with Gasteiger partial charge in [0.1, 0.15) is 0 Å². The molecule has 0 radical (unpaired) electrons. The average Bonchev–Trinajstić information content (AvgIpc) is 3.38. The minimum absolute atomic E-state index is 0.0169. The van der Waals surface area contributed by atoms with E-state index in [0.29, 0.717) is 18.8 Å². The first kappa shape index (κ1) is 14.2. The molecule has 0 atom stereocenters. The molecule has 2 aromatic rings. The van der Waals surface area contributed by atoms with Gasteiger partial charge in [0.15, 0.2) is 0 Å². The number of tetrazole rings is 1. The second-order valence-corrected chi connectivity index (χ2v) is 6.28. The molecule has 4 rings (SSSR count). The third-order valence-corrected chi connectivity index (χ3v) is 4.65. The van der Waals surface area contributed by atoms with E-state index in [1.54, 1.807) is 0 Å². The summed E-state index contributed by atoms with van der Waals surface area (Å²) in [5.74, 6) is 0.539. The van der Waals surface area contributed by atoms with Gasteiger partial charge in [-0.05, 0) is 48.2 Å². The highest BCUT2D eigenvalue weighted by atomic mass is 16.2. The lowest BCUT2D eigenvalue weighted by molar-refractivity contribution is -0.133. The molecular weight excluding hydrogens is 294 g/mol. The zero-order chi connectivity index (χ0) is 15.8. The summed E-state index contributed by atoms with van der Waals surface area (Å²) in [4.78, 5) is 26.5. The molecule has 1 aromatic heterocycles. The highest BCUT2D eigenvalue weighted by molar-refractivity contribution is 5.81. The normalized spacial score (nSPS) is 19.0. The molecule has 1 saturated heterocycles. The minimum Gasteiger partial charge on any atom is -0.342 e. The zero-order valence-electron chi connectivity index (χ0n) is 12.8. The summed E-state index contributed by atoms with van der Waals surface area (Å²) < 4.78 is 2.79. The fourth-order valence-electron chi connectivity index (χ4n) is 3.14. The first-order valence-corrected chi connectivity index (χ1v) is 8.13. The number of carbonyl (C=O) groups excluding carboxylic acids is 1. The van der Waals surface area contributed by atoms with Crippen molar-refractivity contribution in [2.24, 2.45) is 5.92 Å². The first-order chi connectivity index (χ1) is 11.2. The van der Waals surface area contributed by atoms with Gasteiger partial charge in [-0.15, -0.1) is 0 Å². The van der Waals surface area contributed by atoms with Crippen molar-refractivity contribution in [1.29, 1.82) is 0 Å². The number of carbonyl (C=O) groups is 1. The fourth-order valence-corrected chi connectivity index (χ4v) is 3.14. The molecule has 0 unspecified atom stereocenters. The van der Waals surface area contributed by atoms with Crippen LogP contribution in [0.1, 0.15) is 31.7 Å². The van der Waals surface area contributed by atoms with Crippen LogP contribution in [0.15, 0.2) is 35.1 Å². The highest BCUT2D eigenvalue weighted by Gasteiger charge is 2.35. The Hall–Kier alpha value is -2.44. The third-order valence-electron chi connectivity index (χ3n) is 4.65. The molecule has 1 aromatic carbocycles. The SMILES string of the molecule is O=C(C1CC1)N1CCC(n2nnn(-c3ccccc3)c2=O)CC1. The number of hydrogen-bond donors (Lipinski definition) is 0. The van der Waals surface area contributed by atoms with Gasteiger partial charge in [-0.25, -0.2) is 4.79 Å². The van der Waals surface area contributed by atoms with Crippen LogP contribution in [0.25, 0.3) is 5.69 Å². The number of amides is 1. The number of nitrogens with zero attached hydrogens (tertiary/aromatic N) is 5. The summed E-state index contributed by atoms with van der Waals surface area (Å²) in [7, 11) is 0. The van der Waals surface area contributed by atoms with E-state index in [1.165, 1.54) is 9.36 Å². The Balaban J connectivity index is 1.48. The van der Waals surface area contributed by atoms with Crippen LogP contribution in [-0.4, -0.2) is 43.7 Å². The maximum atomic E-state index is 12.5. The number of para-hydroxylation sites is 1. The van der Waals surface area contributed by atoms with Crippen molar-refractivity contribution in [1.82, 2.24) is 24.7 Å². The van der Waals surface area contributed by atoms with E-state index in [0.717, 1.165) is 25.7 Å². The smallest absolute Gasteiger partial charge is 0.342 e. The Bertz CT molecular complexity index is 754. The molecule has 0 spiro atoms. The van der Waals surface area contributed by atoms with Gasteiger partial charge in [0.05, 0.1) is 11.7 Å². The summed E-state index contributed by atoms with van der Waals surface area (Å²) in [5, 5.41) is 8.04. The molecule has 1 aliphatic carbocycles. The predicted molar refractivity (Wildman–Crippen MR) is 83.2 cm³/mol. The summed E-state index contributed by atoms with van der Waals surface area (Å²) in [5.41, 5.74) is 0.494. The quantitative estimate of drug-likeness (QED) is 0.847. The van der Waals surface area contributed by atoms with Crippen molar-refractivity contribution in [3.63, 3.8) is 0 Å². The van der Waals surface area contributed by atoms with Crippen LogP contribution in [0.4, 0.5) is 0 Å². The van der Waals surface area contributed by atoms with Crippen LogP contribution in [0, 0.1) is 5.92 Å². The van der Waals surface area contributed by atoms with Gasteiger partial charge < -0.3 is 4.90 Å². The second kappa shape index (κ2) is 5.64. The summed E-state index contributed by atoms with van der Waals surface area (Å²) in [6, 6.07) is 9.30. The van der Waals surface area contributed by atoms with E-state index in [-0.39, 0.29) is 23.6 Å². The molecule has 0 bridgehead atoms. The molecule has 23 heavy (non-hydrogen) atoms. The van der Waals surface area contributed by atoms with Crippen molar-refractivity contribution < 1.29 is 4.79 Å². The molecular formula is C16H19N5O2. The summed E-state index contributed by atoms with van der Waals surface area (Å²) in [6.45, 7) is 1.40. The maximum absolute atomic E-state index is 12.5. The molecule has 1 aliphatic heterocycles.